The molecule has 1 N–H and O–H groups in total. The summed E-state index contributed by atoms with van der Waals surface area (Å²) in [5.74, 6) is 0.264. The van der Waals surface area contributed by atoms with Crippen LogP contribution in [0.1, 0.15) is 38.2 Å². The Bertz CT molecular complexity index is 557. The van der Waals surface area contributed by atoms with Crippen LogP contribution in [0.15, 0.2) is 29.3 Å². The molecule has 0 fully saturated rings. The number of hydrogen-bond donors (Lipinski definition) is 1. The number of rotatable bonds is 0. The van der Waals surface area contributed by atoms with E-state index < -0.39 is 0 Å². The number of carbonyl (C=O) groups is 1. The van der Waals surface area contributed by atoms with Gasteiger partial charge in [-0.3, -0.25) is 4.79 Å². The molecular weight excluding hydrogens is 228 g/mol. The fraction of sp³-hybridized carbons (Fsp3) is 0.400. The number of phenols is 1. The molecule has 1 aromatic carbocycles. The number of carbonyl (C=O) groups excluding carboxylic acids is 1. The van der Waals surface area contributed by atoms with Crippen LogP contribution in [0, 0.1) is 5.92 Å². The molecule has 0 spiro atoms. The van der Waals surface area contributed by atoms with Gasteiger partial charge in [0.15, 0.2) is 11.5 Å². The van der Waals surface area contributed by atoms with E-state index in [1.807, 2.05) is 12.1 Å². The first-order valence-electron chi connectivity index (χ1n) is 6.26. The molecule has 3 nitrogen and oxygen atoms in total. The molecule has 18 heavy (non-hydrogen) atoms. The summed E-state index contributed by atoms with van der Waals surface area (Å²) in [5, 5.41) is 9.79. The zero-order valence-corrected chi connectivity index (χ0v) is 10.6. The van der Waals surface area contributed by atoms with Crippen LogP contribution in [0.5, 0.6) is 11.5 Å². The summed E-state index contributed by atoms with van der Waals surface area (Å²) in [6.07, 6.45) is 1.65. The highest BCUT2D eigenvalue weighted by Gasteiger charge is 2.41. The van der Waals surface area contributed by atoms with Crippen LogP contribution in [0.2, 0.25) is 0 Å². The predicted molar refractivity (Wildman–Crippen MR) is 67.6 cm³/mol. The van der Waals surface area contributed by atoms with Crippen molar-refractivity contribution < 1.29 is 14.6 Å². The maximum Gasteiger partial charge on any atom is 0.315 e. The normalized spacial score (nSPS) is 26.4. The number of fused-ring (bicyclic) bond motifs is 3. The monoisotopic (exact) mass is 244 g/mol. The van der Waals surface area contributed by atoms with Gasteiger partial charge in [-0.2, -0.15) is 0 Å². The van der Waals surface area contributed by atoms with E-state index in [0.717, 1.165) is 18.4 Å². The van der Waals surface area contributed by atoms with Crippen molar-refractivity contribution in [2.45, 2.75) is 32.6 Å². The molecule has 0 radical (unpaired) electrons. The minimum absolute atomic E-state index is 0.0585. The SMILES string of the molecule is CC1=C(C)C[C@H]2c3cccc(O)c3OC(=O)[C@H]2C1. The first-order valence-corrected chi connectivity index (χ1v) is 6.26. The number of phenolic OH excluding ortho intramolecular Hbond substituents is 1. The number of para-hydroxylation sites is 1. The maximum atomic E-state index is 12.0. The molecule has 94 valence electrons. The number of ether oxygens (including phenoxy) is 1. The van der Waals surface area contributed by atoms with Gasteiger partial charge in [-0.25, -0.2) is 0 Å². The van der Waals surface area contributed by atoms with Crippen LogP contribution in [-0.2, 0) is 4.79 Å². The second-order valence-corrected chi connectivity index (χ2v) is 5.30. The third-order valence-corrected chi connectivity index (χ3v) is 4.20. The molecule has 0 bridgehead atoms. The van der Waals surface area contributed by atoms with Gasteiger partial charge in [0, 0.05) is 11.5 Å². The van der Waals surface area contributed by atoms with Gasteiger partial charge in [-0.1, -0.05) is 23.3 Å². The molecule has 1 aromatic rings. The lowest BCUT2D eigenvalue weighted by atomic mass is 9.72. The second kappa shape index (κ2) is 3.87. The van der Waals surface area contributed by atoms with E-state index in [1.165, 1.54) is 11.1 Å². The van der Waals surface area contributed by atoms with E-state index in [4.69, 9.17) is 4.74 Å². The number of allylic oxidation sites excluding steroid dienone is 2. The van der Waals surface area contributed by atoms with Crippen molar-refractivity contribution in [1.29, 1.82) is 0 Å². The first kappa shape index (κ1) is 11.3. The molecule has 0 saturated carbocycles. The van der Waals surface area contributed by atoms with Crippen LogP contribution >= 0.6 is 0 Å². The Labute approximate surface area is 106 Å². The van der Waals surface area contributed by atoms with Gasteiger partial charge in [0.05, 0.1) is 5.92 Å². The molecule has 2 atom stereocenters. The quantitative estimate of drug-likeness (QED) is 0.433. The van der Waals surface area contributed by atoms with Crippen molar-refractivity contribution in [3.63, 3.8) is 0 Å². The summed E-state index contributed by atoms with van der Waals surface area (Å²) in [6.45, 7) is 4.20. The zero-order chi connectivity index (χ0) is 12.9. The Hall–Kier alpha value is -1.77. The standard InChI is InChI=1S/C15H16O3/c1-8-6-11-10-4-3-5-13(16)14(10)18-15(17)12(11)7-9(8)2/h3-5,11-12,16H,6-7H2,1-2H3/t11-,12-/m0/s1. The molecule has 3 heteroatoms. The fourth-order valence-corrected chi connectivity index (χ4v) is 2.99. The molecule has 1 aliphatic carbocycles. The maximum absolute atomic E-state index is 12.0. The van der Waals surface area contributed by atoms with Crippen LogP contribution in [0.25, 0.3) is 0 Å². The van der Waals surface area contributed by atoms with Crippen LogP contribution in [-0.4, -0.2) is 11.1 Å². The largest absolute Gasteiger partial charge is 0.504 e. The lowest BCUT2D eigenvalue weighted by Gasteiger charge is -2.36. The average molecular weight is 244 g/mol. The Kier molecular flexibility index (Phi) is 2.44. The Balaban J connectivity index is 2.12. The minimum atomic E-state index is -0.208. The van der Waals surface area contributed by atoms with Gasteiger partial charge in [0.1, 0.15) is 0 Å². The lowest BCUT2D eigenvalue weighted by Crippen LogP contribution is -2.34. The van der Waals surface area contributed by atoms with Gasteiger partial charge in [0.25, 0.3) is 0 Å². The summed E-state index contributed by atoms with van der Waals surface area (Å²) < 4.78 is 5.30. The van der Waals surface area contributed by atoms with Gasteiger partial charge in [-0.05, 0) is 32.8 Å². The molecule has 0 unspecified atom stereocenters. The average Bonchev–Trinajstić information content (AvgIpc) is 2.33. The Morgan fingerprint density at radius 1 is 1.17 bits per heavy atom. The summed E-state index contributed by atoms with van der Waals surface area (Å²) in [7, 11) is 0. The van der Waals surface area contributed by atoms with E-state index in [9.17, 15) is 9.90 Å². The molecule has 0 aromatic heterocycles. The van der Waals surface area contributed by atoms with Crippen molar-refractivity contribution in [2.75, 3.05) is 0 Å². The second-order valence-electron chi connectivity index (χ2n) is 5.30. The van der Waals surface area contributed by atoms with E-state index in [1.54, 1.807) is 6.07 Å². The van der Waals surface area contributed by atoms with Crippen molar-refractivity contribution in [2.24, 2.45) is 5.92 Å². The van der Waals surface area contributed by atoms with Crippen LogP contribution in [0.4, 0.5) is 0 Å². The topological polar surface area (TPSA) is 46.5 Å². The number of hydrogen-bond acceptors (Lipinski definition) is 3. The third-order valence-electron chi connectivity index (χ3n) is 4.20. The van der Waals surface area contributed by atoms with Gasteiger partial charge < -0.3 is 9.84 Å². The molecule has 0 amide bonds. The fourth-order valence-electron chi connectivity index (χ4n) is 2.99. The van der Waals surface area contributed by atoms with Gasteiger partial charge >= 0.3 is 5.97 Å². The van der Waals surface area contributed by atoms with Crippen molar-refractivity contribution in [3.8, 4) is 11.5 Å². The van der Waals surface area contributed by atoms with Crippen molar-refractivity contribution >= 4 is 5.97 Å². The third kappa shape index (κ3) is 1.54. The molecule has 3 rings (SSSR count). The van der Waals surface area contributed by atoms with E-state index in [0.29, 0.717) is 5.75 Å². The highest BCUT2D eigenvalue weighted by atomic mass is 16.5. The van der Waals surface area contributed by atoms with Crippen molar-refractivity contribution in [1.82, 2.24) is 0 Å². The summed E-state index contributed by atoms with van der Waals surface area (Å²) >= 11 is 0. The molecule has 1 heterocycles. The number of esters is 1. The Morgan fingerprint density at radius 2 is 1.83 bits per heavy atom. The van der Waals surface area contributed by atoms with E-state index >= 15 is 0 Å². The van der Waals surface area contributed by atoms with Crippen LogP contribution < -0.4 is 4.74 Å². The van der Waals surface area contributed by atoms with Crippen LogP contribution in [0.3, 0.4) is 0 Å². The van der Waals surface area contributed by atoms with E-state index in [-0.39, 0.29) is 23.6 Å². The number of benzene rings is 1. The molecule has 2 aliphatic rings. The highest BCUT2D eigenvalue weighted by Crippen LogP contribution is 2.49. The zero-order valence-electron chi connectivity index (χ0n) is 10.6. The van der Waals surface area contributed by atoms with E-state index in [2.05, 4.69) is 13.8 Å². The number of aromatic hydroxyl groups is 1. The summed E-state index contributed by atoms with van der Waals surface area (Å²) in [6, 6.07) is 5.32. The van der Waals surface area contributed by atoms with Gasteiger partial charge in [-0.15, -0.1) is 0 Å². The minimum Gasteiger partial charge on any atom is -0.504 e. The molecule has 1 aliphatic heterocycles. The van der Waals surface area contributed by atoms with Gasteiger partial charge in [0.2, 0.25) is 0 Å². The summed E-state index contributed by atoms with van der Waals surface area (Å²) in [5.41, 5.74) is 3.60. The lowest BCUT2D eigenvalue weighted by molar-refractivity contribution is -0.141. The predicted octanol–water partition coefficient (Wildman–Crippen LogP) is 3.14. The Morgan fingerprint density at radius 3 is 2.56 bits per heavy atom. The molecular formula is C15H16O3. The smallest absolute Gasteiger partial charge is 0.315 e. The summed E-state index contributed by atoms with van der Waals surface area (Å²) in [4.78, 5) is 12.0. The molecule has 0 saturated heterocycles. The van der Waals surface area contributed by atoms with Crippen molar-refractivity contribution in [3.05, 3.63) is 34.9 Å². The first-order chi connectivity index (χ1) is 8.58. The highest BCUT2D eigenvalue weighted by molar-refractivity contribution is 5.81.